The zero-order valence-corrected chi connectivity index (χ0v) is 19.3. The van der Waals surface area contributed by atoms with Gasteiger partial charge in [-0.25, -0.2) is 0 Å². The van der Waals surface area contributed by atoms with Gasteiger partial charge in [-0.2, -0.15) is 0 Å². The van der Waals surface area contributed by atoms with Crippen molar-refractivity contribution in [1.82, 2.24) is 15.1 Å². The summed E-state index contributed by atoms with van der Waals surface area (Å²) in [6.45, 7) is 6.08. The van der Waals surface area contributed by atoms with Crippen LogP contribution in [0, 0.1) is 6.92 Å². The van der Waals surface area contributed by atoms with Crippen LogP contribution >= 0.6 is 0 Å². The Morgan fingerprint density at radius 1 is 1.00 bits per heavy atom. The molecule has 1 heterocycles. The van der Waals surface area contributed by atoms with Crippen LogP contribution < -0.4 is 10.6 Å². The molecule has 3 rings (SSSR count). The minimum atomic E-state index is -0.529. The van der Waals surface area contributed by atoms with Gasteiger partial charge in [0.2, 0.25) is 0 Å². The number of hydrogen-bond acceptors (Lipinski definition) is 6. The molecule has 0 saturated heterocycles. The van der Waals surface area contributed by atoms with Crippen LogP contribution in [0.2, 0.25) is 0 Å². The van der Waals surface area contributed by atoms with Crippen LogP contribution in [0.1, 0.15) is 35.3 Å². The lowest BCUT2D eigenvalue weighted by Gasteiger charge is -2.17. The van der Waals surface area contributed by atoms with E-state index in [1.807, 2.05) is 44.2 Å². The largest absolute Gasteiger partial charge is 0.505 e. The second-order valence-electron chi connectivity index (χ2n) is 7.24. The maximum absolute atomic E-state index is 12.7. The van der Waals surface area contributed by atoms with E-state index in [0.29, 0.717) is 12.1 Å². The molecule has 32 heavy (non-hydrogen) atoms. The smallest absolute Gasteiger partial charge is 0.279 e. The average molecular weight is 439 g/mol. The van der Waals surface area contributed by atoms with Crippen LogP contribution in [0.5, 0.6) is 5.75 Å². The molecular weight excluding hydrogens is 408 g/mol. The third-order valence-electron chi connectivity index (χ3n) is 4.87. The van der Waals surface area contributed by atoms with Crippen LogP contribution in [0.15, 0.2) is 53.9 Å². The first-order chi connectivity index (χ1) is 15.2. The number of hydrogen-bond donors (Lipinski definition) is 3. The number of imide groups is 1. The molecule has 1 aliphatic rings. The number of phenols is 1. The van der Waals surface area contributed by atoms with Crippen LogP contribution in [-0.2, 0) is 16.1 Å². The van der Waals surface area contributed by atoms with Gasteiger partial charge in [-0.3, -0.25) is 19.3 Å². The Morgan fingerprint density at radius 3 is 2.19 bits per heavy atom. The molecule has 0 aliphatic carbocycles. The van der Waals surface area contributed by atoms with Gasteiger partial charge in [-0.05, 0) is 24.1 Å². The monoisotopic (exact) mass is 438 g/mol. The Hall–Kier alpha value is -3.81. The first-order valence-electron chi connectivity index (χ1n) is 10.4. The second-order valence-corrected chi connectivity index (χ2v) is 7.24. The van der Waals surface area contributed by atoms with Gasteiger partial charge in [0, 0.05) is 27.7 Å². The SMILES string of the molecule is CC.Cc1ccc(C(=O)N(C)C)c(O)c1NC1=C(NCc2ccccc2)C(=O)N(C)C1=O. The van der Waals surface area contributed by atoms with Crippen molar-refractivity contribution < 1.29 is 19.5 Å². The van der Waals surface area contributed by atoms with Crippen molar-refractivity contribution in [2.45, 2.75) is 27.3 Å². The normalized spacial score (nSPS) is 13.0. The van der Waals surface area contributed by atoms with E-state index in [4.69, 9.17) is 0 Å². The highest BCUT2D eigenvalue weighted by molar-refractivity contribution is 6.20. The summed E-state index contributed by atoms with van der Waals surface area (Å²) in [5.74, 6) is -1.66. The van der Waals surface area contributed by atoms with Crippen molar-refractivity contribution in [2.75, 3.05) is 26.5 Å². The van der Waals surface area contributed by atoms with Crippen LogP contribution in [0.3, 0.4) is 0 Å². The van der Waals surface area contributed by atoms with Gasteiger partial charge >= 0.3 is 0 Å². The number of nitrogens with zero attached hydrogens (tertiary/aromatic N) is 2. The minimum Gasteiger partial charge on any atom is -0.505 e. The molecule has 2 aromatic carbocycles. The molecule has 3 amide bonds. The molecule has 0 bridgehead atoms. The molecule has 0 spiro atoms. The molecule has 0 saturated carbocycles. The van der Waals surface area contributed by atoms with Gasteiger partial charge in [-0.1, -0.05) is 50.2 Å². The third-order valence-corrected chi connectivity index (χ3v) is 4.87. The van der Waals surface area contributed by atoms with Gasteiger partial charge in [0.1, 0.15) is 11.4 Å². The fraction of sp³-hybridized carbons (Fsp3) is 0.292. The van der Waals surface area contributed by atoms with Gasteiger partial charge < -0.3 is 20.6 Å². The van der Waals surface area contributed by atoms with E-state index < -0.39 is 11.8 Å². The molecule has 0 aromatic heterocycles. The number of aryl methyl sites for hydroxylation is 1. The number of phenolic OH excluding ortho intramolecular Hbond substituents is 1. The van der Waals surface area contributed by atoms with E-state index in [0.717, 1.165) is 10.5 Å². The van der Waals surface area contributed by atoms with E-state index in [9.17, 15) is 19.5 Å². The van der Waals surface area contributed by atoms with E-state index in [2.05, 4.69) is 10.6 Å². The number of carbonyl (C=O) groups is 3. The summed E-state index contributed by atoms with van der Waals surface area (Å²) < 4.78 is 0. The third kappa shape index (κ3) is 4.91. The standard InChI is InChI=1S/C22H24N4O4.C2H6/c1-13-10-11-15(20(28)25(2)3)19(27)16(13)24-18-17(21(29)26(4)22(18)30)23-12-14-8-6-5-7-9-14;1-2/h5-11,23-24,27H,12H2,1-4H3;1-2H3. The van der Waals surface area contributed by atoms with Gasteiger partial charge in [0.25, 0.3) is 17.7 Å². The van der Waals surface area contributed by atoms with E-state index in [1.165, 1.54) is 18.0 Å². The van der Waals surface area contributed by atoms with Crippen molar-refractivity contribution >= 4 is 23.4 Å². The Bertz CT molecular complexity index is 1050. The zero-order chi connectivity index (χ0) is 24.0. The molecule has 0 fully saturated rings. The van der Waals surface area contributed by atoms with Gasteiger partial charge in [-0.15, -0.1) is 0 Å². The number of carbonyl (C=O) groups excluding carboxylic acids is 3. The summed E-state index contributed by atoms with van der Waals surface area (Å²) in [7, 11) is 4.55. The highest BCUT2D eigenvalue weighted by Crippen LogP contribution is 2.34. The van der Waals surface area contributed by atoms with Crippen molar-refractivity contribution in [3.05, 3.63) is 70.5 Å². The molecule has 3 N–H and O–H groups in total. The second kappa shape index (κ2) is 10.5. The van der Waals surface area contributed by atoms with E-state index in [1.54, 1.807) is 27.1 Å². The summed E-state index contributed by atoms with van der Waals surface area (Å²) in [4.78, 5) is 40.0. The van der Waals surface area contributed by atoms with Gasteiger partial charge in [0.05, 0.1) is 11.3 Å². The lowest BCUT2D eigenvalue weighted by molar-refractivity contribution is -0.136. The Balaban J connectivity index is 0.00000176. The Labute approximate surface area is 188 Å². The summed E-state index contributed by atoms with van der Waals surface area (Å²) in [5.41, 5.74) is 1.98. The lowest BCUT2D eigenvalue weighted by atomic mass is 10.1. The topological polar surface area (TPSA) is 102 Å². The van der Waals surface area contributed by atoms with Crippen LogP contribution in [-0.4, -0.2) is 53.8 Å². The molecule has 8 nitrogen and oxygen atoms in total. The fourth-order valence-electron chi connectivity index (χ4n) is 3.10. The molecule has 1 aliphatic heterocycles. The van der Waals surface area contributed by atoms with E-state index >= 15 is 0 Å². The zero-order valence-electron chi connectivity index (χ0n) is 19.3. The Morgan fingerprint density at radius 2 is 1.59 bits per heavy atom. The molecule has 0 atom stereocenters. The molecule has 0 unspecified atom stereocenters. The first kappa shape index (κ1) is 24.5. The number of aromatic hydroxyl groups is 1. The van der Waals surface area contributed by atoms with Crippen molar-refractivity contribution in [3.63, 3.8) is 0 Å². The number of likely N-dealkylation sites (N-methyl/N-ethyl adjacent to an activating group) is 1. The predicted molar refractivity (Wildman–Crippen MR) is 124 cm³/mol. The predicted octanol–water partition coefficient (Wildman–Crippen LogP) is 2.84. The minimum absolute atomic E-state index is 0.0197. The highest BCUT2D eigenvalue weighted by atomic mass is 16.3. The first-order valence-corrected chi connectivity index (χ1v) is 10.4. The molecular formula is C24H30N4O4. The Kier molecular flexibility index (Phi) is 8.01. The van der Waals surface area contributed by atoms with Crippen LogP contribution in [0.4, 0.5) is 5.69 Å². The lowest BCUT2D eigenvalue weighted by Crippen LogP contribution is -2.30. The van der Waals surface area contributed by atoms with Crippen molar-refractivity contribution in [2.24, 2.45) is 0 Å². The van der Waals surface area contributed by atoms with Crippen LogP contribution in [0.25, 0.3) is 0 Å². The summed E-state index contributed by atoms with van der Waals surface area (Å²) in [5, 5.41) is 16.6. The summed E-state index contributed by atoms with van der Waals surface area (Å²) >= 11 is 0. The number of rotatable bonds is 6. The van der Waals surface area contributed by atoms with Crippen molar-refractivity contribution in [3.8, 4) is 5.75 Å². The number of anilines is 1. The summed E-state index contributed by atoms with van der Waals surface area (Å²) in [6, 6.07) is 12.6. The molecule has 0 radical (unpaired) electrons. The summed E-state index contributed by atoms with van der Waals surface area (Å²) in [6.07, 6.45) is 0. The van der Waals surface area contributed by atoms with Crippen molar-refractivity contribution in [1.29, 1.82) is 0 Å². The maximum Gasteiger partial charge on any atom is 0.279 e. The molecule has 170 valence electrons. The molecule has 2 aromatic rings. The number of nitrogens with one attached hydrogen (secondary N) is 2. The fourth-order valence-corrected chi connectivity index (χ4v) is 3.10. The van der Waals surface area contributed by atoms with Gasteiger partial charge in [0.15, 0.2) is 5.75 Å². The highest BCUT2D eigenvalue weighted by Gasteiger charge is 2.37. The number of amides is 3. The van der Waals surface area contributed by atoms with E-state index in [-0.39, 0.29) is 34.3 Å². The maximum atomic E-state index is 12.7. The quantitative estimate of drug-likeness (QED) is 0.474. The average Bonchev–Trinajstić information content (AvgIpc) is 2.99. The molecule has 8 heteroatoms. The number of benzene rings is 2.